The van der Waals surface area contributed by atoms with Crippen molar-refractivity contribution in [2.45, 2.75) is 84.0 Å². The van der Waals surface area contributed by atoms with E-state index in [2.05, 4.69) is 10.4 Å². The van der Waals surface area contributed by atoms with E-state index in [1.165, 1.54) is 28.0 Å². The van der Waals surface area contributed by atoms with Gasteiger partial charge in [-0.1, -0.05) is 6.07 Å². The molecule has 2 N–H and O–H groups in total. The molecule has 12 heteroatoms. The van der Waals surface area contributed by atoms with E-state index >= 15 is 0 Å². The molecule has 43 heavy (non-hydrogen) atoms. The Morgan fingerprint density at radius 1 is 1.09 bits per heavy atom. The van der Waals surface area contributed by atoms with Crippen molar-refractivity contribution in [3.05, 3.63) is 47.9 Å². The maximum absolute atomic E-state index is 14.4. The molecular weight excluding hydrogens is 555 g/mol. The van der Waals surface area contributed by atoms with Gasteiger partial charge in [-0.25, -0.2) is 23.9 Å². The fourth-order valence-electron chi connectivity index (χ4n) is 5.10. The number of piperidine rings is 1. The molecule has 0 radical (unpaired) electrons. The highest BCUT2D eigenvalue weighted by Gasteiger charge is 2.34. The standard InChI is InChI=1S/C31H41FN6O5/c1-30(2,3)42-28(40)36-13-12-20(24(39)18-36)16-33-25-15-26(38-27(35-25)23(17-34-38)19-10-11-19)37(29(41)43-31(4,5)6)22-9-7-8-21(32)14-22/h7-9,14-15,17,19-20,24,39H,10-13,16,18H2,1-6H3,(H,33,35)/t20-,24+/m0/s1. The van der Waals surface area contributed by atoms with E-state index in [-0.39, 0.29) is 18.2 Å². The van der Waals surface area contributed by atoms with Crippen molar-refractivity contribution in [1.82, 2.24) is 19.5 Å². The average molecular weight is 597 g/mol. The van der Waals surface area contributed by atoms with E-state index in [1.807, 2.05) is 20.8 Å². The molecule has 0 spiro atoms. The van der Waals surface area contributed by atoms with Gasteiger partial charge in [0.15, 0.2) is 5.65 Å². The topological polar surface area (TPSA) is 122 Å². The van der Waals surface area contributed by atoms with Crippen LogP contribution in [-0.2, 0) is 9.47 Å². The summed E-state index contributed by atoms with van der Waals surface area (Å²) in [6.07, 6.45) is 2.49. The van der Waals surface area contributed by atoms with Crippen molar-refractivity contribution >= 4 is 35.2 Å². The minimum absolute atomic E-state index is 0.154. The third-order valence-corrected chi connectivity index (χ3v) is 7.29. The Morgan fingerprint density at radius 3 is 2.44 bits per heavy atom. The van der Waals surface area contributed by atoms with Crippen LogP contribution >= 0.6 is 0 Å². The van der Waals surface area contributed by atoms with Crippen LogP contribution < -0.4 is 10.2 Å². The van der Waals surface area contributed by atoms with Crippen LogP contribution in [0.2, 0.25) is 0 Å². The molecule has 3 aromatic rings. The Labute approximate surface area is 251 Å². The zero-order valence-corrected chi connectivity index (χ0v) is 25.6. The van der Waals surface area contributed by atoms with Gasteiger partial charge < -0.3 is 24.8 Å². The number of aromatic nitrogens is 3. The van der Waals surface area contributed by atoms with Gasteiger partial charge in [0, 0.05) is 30.6 Å². The molecule has 1 aromatic carbocycles. The van der Waals surface area contributed by atoms with Crippen molar-refractivity contribution in [1.29, 1.82) is 0 Å². The number of carbonyl (C=O) groups excluding carboxylic acids is 2. The van der Waals surface area contributed by atoms with Crippen LogP contribution in [0.25, 0.3) is 5.65 Å². The first-order valence-electron chi connectivity index (χ1n) is 14.8. The summed E-state index contributed by atoms with van der Waals surface area (Å²) >= 11 is 0. The summed E-state index contributed by atoms with van der Waals surface area (Å²) in [5.41, 5.74) is 0.422. The summed E-state index contributed by atoms with van der Waals surface area (Å²) in [6.45, 7) is 11.7. The lowest BCUT2D eigenvalue weighted by Crippen LogP contribution is -2.49. The first kappa shape index (κ1) is 30.5. The first-order valence-corrected chi connectivity index (χ1v) is 14.8. The third kappa shape index (κ3) is 7.35. The zero-order chi connectivity index (χ0) is 31.1. The van der Waals surface area contributed by atoms with E-state index in [9.17, 15) is 19.1 Å². The summed E-state index contributed by atoms with van der Waals surface area (Å²) in [4.78, 5) is 33.8. The SMILES string of the molecule is CC(C)(C)OC(=O)N1CC[C@@H](CNc2cc(N(C(=O)OC(C)(C)C)c3cccc(F)c3)n3ncc(C4CC4)c3n2)[C@H](O)C1. The second-order valence-electron chi connectivity index (χ2n) is 13.3. The van der Waals surface area contributed by atoms with Gasteiger partial charge in [0.25, 0.3) is 0 Å². The molecule has 232 valence electrons. The minimum atomic E-state index is -0.802. The monoisotopic (exact) mass is 596 g/mol. The van der Waals surface area contributed by atoms with E-state index < -0.39 is 35.3 Å². The number of anilines is 3. The molecule has 1 aliphatic heterocycles. The number of β-amino-alcohol motifs (C(OH)–C–C–N with tert-alkyl or cyclic N) is 1. The lowest BCUT2D eigenvalue weighted by atomic mass is 9.94. The van der Waals surface area contributed by atoms with E-state index in [1.54, 1.807) is 43.6 Å². The van der Waals surface area contributed by atoms with Crippen molar-refractivity contribution in [3.8, 4) is 0 Å². The Hall–Kier alpha value is -3.93. The molecule has 1 saturated heterocycles. The average Bonchev–Trinajstić information content (AvgIpc) is 3.64. The number of halogens is 1. The quantitative estimate of drug-likeness (QED) is 0.364. The van der Waals surface area contributed by atoms with Crippen molar-refractivity contribution < 1.29 is 28.6 Å². The van der Waals surface area contributed by atoms with Crippen LogP contribution in [0, 0.1) is 11.7 Å². The molecule has 2 atom stereocenters. The Morgan fingerprint density at radius 2 is 1.81 bits per heavy atom. The number of ether oxygens (including phenoxy) is 2. The number of nitrogens with one attached hydrogen (secondary N) is 1. The summed E-state index contributed by atoms with van der Waals surface area (Å²) in [6, 6.07) is 7.41. The molecule has 2 fully saturated rings. The number of likely N-dealkylation sites (tertiary alicyclic amines) is 1. The van der Waals surface area contributed by atoms with Gasteiger partial charge in [0.2, 0.25) is 0 Å². The third-order valence-electron chi connectivity index (χ3n) is 7.29. The molecule has 5 rings (SSSR count). The fraction of sp³-hybridized carbons (Fsp3) is 0.548. The maximum Gasteiger partial charge on any atom is 0.420 e. The minimum Gasteiger partial charge on any atom is -0.444 e. The van der Waals surface area contributed by atoms with E-state index in [0.717, 1.165) is 18.4 Å². The van der Waals surface area contributed by atoms with Crippen LogP contribution in [0.3, 0.4) is 0 Å². The van der Waals surface area contributed by atoms with Crippen LogP contribution in [0.4, 0.5) is 31.3 Å². The van der Waals surface area contributed by atoms with Crippen molar-refractivity contribution in [2.24, 2.45) is 5.92 Å². The number of aliphatic hydroxyl groups is 1. The van der Waals surface area contributed by atoms with Crippen LogP contribution in [0.5, 0.6) is 0 Å². The molecule has 11 nitrogen and oxygen atoms in total. The normalized spacial score (nSPS) is 19.3. The molecule has 3 heterocycles. The Balaban J connectivity index is 1.44. The number of aliphatic hydroxyl groups excluding tert-OH is 1. The van der Waals surface area contributed by atoms with Gasteiger partial charge in [-0.2, -0.15) is 9.61 Å². The molecule has 2 amide bonds. The molecule has 2 aliphatic rings. The fourth-order valence-corrected chi connectivity index (χ4v) is 5.10. The van der Waals surface area contributed by atoms with Gasteiger partial charge in [0.05, 0.1) is 24.5 Å². The Kier molecular flexibility index (Phi) is 8.26. The summed E-state index contributed by atoms with van der Waals surface area (Å²) < 4.78 is 27.2. The number of nitrogens with zero attached hydrogens (tertiary/aromatic N) is 5. The molecule has 2 aromatic heterocycles. The van der Waals surface area contributed by atoms with Crippen LogP contribution in [0.15, 0.2) is 36.5 Å². The molecular formula is C31H41FN6O5. The number of fused-ring (bicyclic) bond motifs is 1. The predicted octanol–water partition coefficient (Wildman–Crippen LogP) is 5.85. The number of amides is 2. The number of hydrogen-bond donors (Lipinski definition) is 2. The van der Waals surface area contributed by atoms with Gasteiger partial charge in [-0.05, 0) is 84.9 Å². The van der Waals surface area contributed by atoms with Gasteiger partial charge in [-0.15, -0.1) is 0 Å². The number of benzene rings is 1. The Bertz CT molecular complexity index is 1490. The van der Waals surface area contributed by atoms with Gasteiger partial charge in [0.1, 0.15) is 28.7 Å². The van der Waals surface area contributed by atoms with Crippen molar-refractivity contribution in [3.63, 3.8) is 0 Å². The van der Waals surface area contributed by atoms with Gasteiger partial charge >= 0.3 is 12.2 Å². The van der Waals surface area contributed by atoms with Gasteiger partial charge in [-0.3, -0.25) is 0 Å². The highest BCUT2D eigenvalue weighted by atomic mass is 19.1. The van der Waals surface area contributed by atoms with Crippen LogP contribution in [-0.4, -0.2) is 73.7 Å². The van der Waals surface area contributed by atoms with Crippen molar-refractivity contribution in [2.75, 3.05) is 29.9 Å². The predicted molar refractivity (Wildman–Crippen MR) is 160 cm³/mol. The van der Waals surface area contributed by atoms with E-state index in [0.29, 0.717) is 42.7 Å². The molecule has 0 bridgehead atoms. The zero-order valence-electron chi connectivity index (χ0n) is 25.6. The number of hydrogen-bond acceptors (Lipinski definition) is 8. The molecule has 1 saturated carbocycles. The molecule has 0 unspecified atom stereocenters. The number of rotatable bonds is 6. The van der Waals surface area contributed by atoms with Crippen LogP contribution in [0.1, 0.15) is 72.3 Å². The molecule has 1 aliphatic carbocycles. The summed E-state index contributed by atoms with van der Waals surface area (Å²) in [5, 5.41) is 18.8. The number of carbonyl (C=O) groups is 2. The lowest BCUT2D eigenvalue weighted by molar-refractivity contribution is -0.0104. The summed E-state index contributed by atoms with van der Waals surface area (Å²) in [7, 11) is 0. The first-order chi connectivity index (χ1) is 20.2. The second-order valence-corrected chi connectivity index (χ2v) is 13.3. The smallest absolute Gasteiger partial charge is 0.420 e. The largest absolute Gasteiger partial charge is 0.444 e. The highest BCUT2D eigenvalue weighted by Crippen LogP contribution is 2.43. The van der Waals surface area contributed by atoms with E-state index in [4.69, 9.17) is 14.5 Å². The highest BCUT2D eigenvalue weighted by molar-refractivity contribution is 5.96. The second kappa shape index (κ2) is 11.6. The lowest BCUT2D eigenvalue weighted by Gasteiger charge is -2.36. The maximum atomic E-state index is 14.4. The summed E-state index contributed by atoms with van der Waals surface area (Å²) in [5.74, 6) is 0.478.